The molecule has 0 aliphatic heterocycles. The molecule has 9 aromatic rings. The Morgan fingerprint density at radius 2 is 1.39 bits per heavy atom. The molecule has 0 spiro atoms. The Labute approximate surface area is 283 Å². The fourth-order valence-corrected chi connectivity index (χ4v) is 8.23. The molecule has 0 fully saturated rings. The number of hydrogen-bond donors (Lipinski definition) is 2. The SMILES string of the molecule is N=C(N)c1ccc2c(-n3c4ccccc4c4cc5c6c7ccccc7c(-c7ccccc7)cc6n(C6C=CC=CC6)c5cc43)cccc2c1. The van der Waals surface area contributed by atoms with Gasteiger partial charge in [-0.05, 0) is 70.1 Å². The molecule has 10 rings (SSSR count). The Kier molecular flexibility index (Phi) is 5.97. The van der Waals surface area contributed by atoms with Crippen molar-refractivity contribution in [2.75, 3.05) is 0 Å². The van der Waals surface area contributed by atoms with Crippen LogP contribution in [0.3, 0.4) is 0 Å². The van der Waals surface area contributed by atoms with Crippen molar-refractivity contribution in [1.29, 1.82) is 5.41 Å². The van der Waals surface area contributed by atoms with Crippen molar-refractivity contribution in [2.45, 2.75) is 12.5 Å². The number of aromatic nitrogens is 2. The first-order chi connectivity index (χ1) is 24.2. The first kappa shape index (κ1) is 27.7. The summed E-state index contributed by atoms with van der Waals surface area (Å²) in [5.41, 5.74) is 15.0. The van der Waals surface area contributed by atoms with Crippen molar-refractivity contribution in [1.82, 2.24) is 9.13 Å². The quantitative estimate of drug-likeness (QED) is 0.148. The summed E-state index contributed by atoms with van der Waals surface area (Å²) in [6.07, 6.45) is 9.90. The molecule has 232 valence electrons. The van der Waals surface area contributed by atoms with Crippen molar-refractivity contribution in [3.63, 3.8) is 0 Å². The number of allylic oxidation sites excluding steroid dienone is 4. The van der Waals surface area contributed by atoms with Crippen LogP contribution < -0.4 is 5.73 Å². The van der Waals surface area contributed by atoms with E-state index in [0.717, 1.165) is 28.4 Å². The summed E-state index contributed by atoms with van der Waals surface area (Å²) in [6.45, 7) is 0. The lowest BCUT2D eigenvalue weighted by molar-refractivity contribution is 0.648. The van der Waals surface area contributed by atoms with Gasteiger partial charge in [0.05, 0.1) is 33.8 Å². The average Bonchev–Trinajstić information content (AvgIpc) is 3.65. The molecule has 3 N–H and O–H groups in total. The minimum atomic E-state index is 0.0777. The van der Waals surface area contributed by atoms with E-state index in [1.807, 2.05) is 12.1 Å². The molecule has 0 bridgehead atoms. The summed E-state index contributed by atoms with van der Waals surface area (Å²) < 4.78 is 5.00. The van der Waals surface area contributed by atoms with Crippen LogP contribution in [-0.2, 0) is 0 Å². The van der Waals surface area contributed by atoms with Crippen molar-refractivity contribution >= 4 is 71.0 Å². The van der Waals surface area contributed by atoms with Crippen molar-refractivity contribution in [3.8, 4) is 16.8 Å². The van der Waals surface area contributed by atoms with Gasteiger partial charge in [0.1, 0.15) is 5.84 Å². The van der Waals surface area contributed by atoms with Crippen LogP contribution in [-0.4, -0.2) is 15.0 Å². The molecular formula is C45H32N4. The topological polar surface area (TPSA) is 59.7 Å². The second kappa shape index (κ2) is 10.6. The van der Waals surface area contributed by atoms with Gasteiger partial charge in [0.25, 0.3) is 0 Å². The van der Waals surface area contributed by atoms with Gasteiger partial charge in [0.2, 0.25) is 0 Å². The van der Waals surface area contributed by atoms with Gasteiger partial charge in [0.15, 0.2) is 0 Å². The maximum Gasteiger partial charge on any atom is 0.122 e. The molecule has 1 aliphatic carbocycles. The van der Waals surface area contributed by atoms with Gasteiger partial charge in [-0.25, -0.2) is 0 Å². The van der Waals surface area contributed by atoms with Gasteiger partial charge in [0, 0.05) is 32.5 Å². The Balaban J connectivity index is 1.37. The van der Waals surface area contributed by atoms with Gasteiger partial charge in [-0.15, -0.1) is 0 Å². The Morgan fingerprint density at radius 1 is 0.592 bits per heavy atom. The molecule has 0 saturated carbocycles. The summed E-state index contributed by atoms with van der Waals surface area (Å²) in [5.74, 6) is 0.0777. The summed E-state index contributed by atoms with van der Waals surface area (Å²) in [5, 5.41) is 17.8. The molecule has 2 heterocycles. The van der Waals surface area contributed by atoms with E-state index in [1.54, 1.807) is 0 Å². The molecule has 49 heavy (non-hydrogen) atoms. The first-order valence-electron chi connectivity index (χ1n) is 16.8. The molecule has 4 nitrogen and oxygen atoms in total. The van der Waals surface area contributed by atoms with E-state index in [-0.39, 0.29) is 11.9 Å². The number of amidine groups is 1. The summed E-state index contributed by atoms with van der Waals surface area (Å²) in [4.78, 5) is 0. The van der Waals surface area contributed by atoms with Crippen LogP contribution in [0.5, 0.6) is 0 Å². The lowest BCUT2D eigenvalue weighted by Crippen LogP contribution is -2.10. The number of nitrogens with one attached hydrogen (secondary N) is 1. The highest BCUT2D eigenvalue weighted by molar-refractivity contribution is 6.27. The van der Waals surface area contributed by atoms with E-state index in [2.05, 4.69) is 155 Å². The van der Waals surface area contributed by atoms with Crippen molar-refractivity contribution < 1.29 is 0 Å². The van der Waals surface area contributed by atoms with E-state index in [9.17, 15) is 0 Å². The third kappa shape index (κ3) is 4.07. The lowest BCUT2D eigenvalue weighted by Gasteiger charge is -2.19. The zero-order chi connectivity index (χ0) is 32.6. The minimum Gasteiger partial charge on any atom is -0.384 e. The van der Waals surface area contributed by atoms with E-state index < -0.39 is 0 Å². The predicted molar refractivity (Wildman–Crippen MR) is 207 cm³/mol. The Hall–Kier alpha value is -6.39. The highest BCUT2D eigenvalue weighted by Crippen LogP contribution is 2.45. The number of fused-ring (bicyclic) bond motifs is 9. The molecule has 0 amide bonds. The zero-order valence-corrected chi connectivity index (χ0v) is 26.8. The molecule has 1 atom stereocenters. The van der Waals surface area contributed by atoms with Gasteiger partial charge in [-0.3, -0.25) is 5.41 Å². The highest BCUT2D eigenvalue weighted by atomic mass is 15.0. The van der Waals surface area contributed by atoms with Crippen molar-refractivity contribution in [2.24, 2.45) is 5.73 Å². The number of benzene rings is 7. The molecule has 7 aromatic carbocycles. The van der Waals surface area contributed by atoms with Crippen molar-refractivity contribution in [3.05, 3.63) is 163 Å². The van der Waals surface area contributed by atoms with Crippen LogP contribution in [0.25, 0.3) is 82.0 Å². The number of nitrogens with zero attached hydrogens (tertiary/aromatic N) is 2. The fourth-order valence-electron chi connectivity index (χ4n) is 8.23. The molecule has 0 saturated heterocycles. The fraction of sp³-hybridized carbons (Fsp3) is 0.0444. The third-order valence-corrected chi connectivity index (χ3v) is 10.4. The van der Waals surface area contributed by atoms with Gasteiger partial charge in [-0.1, -0.05) is 121 Å². The van der Waals surface area contributed by atoms with Gasteiger partial charge >= 0.3 is 0 Å². The molecule has 2 aromatic heterocycles. The normalized spacial score (nSPS) is 14.7. The second-order valence-corrected chi connectivity index (χ2v) is 13.1. The van der Waals surface area contributed by atoms with Crippen LogP contribution in [0, 0.1) is 5.41 Å². The smallest absolute Gasteiger partial charge is 0.122 e. The Morgan fingerprint density at radius 3 is 2.20 bits per heavy atom. The van der Waals surface area contributed by atoms with Gasteiger partial charge < -0.3 is 14.9 Å². The monoisotopic (exact) mass is 628 g/mol. The third-order valence-electron chi connectivity index (χ3n) is 10.4. The summed E-state index contributed by atoms with van der Waals surface area (Å²) in [6, 6.07) is 48.4. The van der Waals surface area contributed by atoms with Crippen LogP contribution >= 0.6 is 0 Å². The van der Waals surface area contributed by atoms with Gasteiger partial charge in [-0.2, -0.15) is 0 Å². The molecule has 4 heteroatoms. The maximum atomic E-state index is 8.02. The minimum absolute atomic E-state index is 0.0777. The largest absolute Gasteiger partial charge is 0.384 e. The molecule has 1 aliphatic rings. The van der Waals surface area contributed by atoms with E-state index in [0.29, 0.717) is 0 Å². The van der Waals surface area contributed by atoms with Crippen LogP contribution in [0.15, 0.2) is 158 Å². The molecular weight excluding hydrogens is 597 g/mol. The predicted octanol–water partition coefficient (Wildman–Crippen LogP) is 11.2. The lowest BCUT2D eigenvalue weighted by atomic mass is 9.94. The summed E-state index contributed by atoms with van der Waals surface area (Å²) >= 11 is 0. The second-order valence-electron chi connectivity index (χ2n) is 13.1. The average molecular weight is 629 g/mol. The highest BCUT2D eigenvalue weighted by Gasteiger charge is 2.23. The van der Waals surface area contributed by atoms with E-state index >= 15 is 0 Å². The first-order valence-corrected chi connectivity index (χ1v) is 16.8. The molecule has 0 radical (unpaired) electrons. The number of nitrogen functional groups attached to an aromatic ring is 1. The van der Waals surface area contributed by atoms with Crippen LogP contribution in [0.4, 0.5) is 0 Å². The van der Waals surface area contributed by atoms with E-state index in [4.69, 9.17) is 11.1 Å². The Bertz CT molecular complexity index is 2880. The number of nitrogens with two attached hydrogens (primary N) is 1. The number of hydrogen-bond acceptors (Lipinski definition) is 1. The van der Waals surface area contributed by atoms with E-state index in [1.165, 1.54) is 65.5 Å². The zero-order valence-electron chi connectivity index (χ0n) is 26.8. The molecule has 1 unspecified atom stereocenters. The van der Waals surface area contributed by atoms with Crippen LogP contribution in [0.1, 0.15) is 18.0 Å². The summed E-state index contributed by atoms with van der Waals surface area (Å²) in [7, 11) is 0. The van der Waals surface area contributed by atoms with Crippen LogP contribution in [0.2, 0.25) is 0 Å². The number of rotatable bonds is 4. The number of para-hydroxylation sites is 1. The maximum absolute atomic E-state index is 8.02. The standard InChI is InChI=1S/C45H32N4/c46-45(47)30-22-23-32-29(24-30)14-11-21-39(32)49-40-20-10-9-18-34(40)37-25-38-42(27-41(37)49)48(31-15-5-2-6-16-31)43-26-36(28-12-3-1-4-13-28)33-17-7-8-19-35(33)44(38)43/h1-15,17-27,31H,16H2,(H3,46,47).